The Morgan fingerprint density at radius 2 is 2.05 bits per heavy atom. The molecule has 0 heterocycles. The van der Waals surface area contributed by atoms with Crippen molar-refractivity contribution in [1.82, 2.24) is 4.72 Å². The van der Waals surface area contributed by atoms with Crippen LogP contribution in [0.4, 0.5) is 5.69 Å². The van der Waals surface area contributed by atoms with Crippen LogP contribution < -0.4 is 10.5 Å². The lowest BCUT2D eigenvalue weighted by molar-refractivity contribution is 0.357. The Hall–Kier alpha value is -0.590. The zero-order chi connectivity index (χ0) is 14.3. The van der Waals surface area contributed by atoms with Crippen LogP contribution in [-0.2, 0) is 10.0 Å². The Bertz CT molecular complexity index is 580. The van der Waals surface area contributed by atoms with Crippen molar-refractivity contribution in [3.63, 3.8) is 0 Å². The molecule has 0 saturated heterocycles. The third kappa shape index (κ3) is 3.12. The quantitative estimate of drug-likeness (QED) is 0.805. The minimum atomic E-state index is -3.48. The molecule has 0 spiro atoms. The molecular formula is C13H19BrN2O2S. The molecule has 1 saturated carbocycles. The SMILES string of the molecule is CC(C)C1(CNS(=O)(=O)c2ccc(Br)c(N)c2)CC1. The van der Waals surface area contributed by atoms with Gasteiger partial charge in [0.15, 0.2) is 0 Å². The average Bonchev–Trinajstić information content (AvgIpc) is 3.11. The van der Waals surface area contributed by atoms with Crippen LogP contribution in [-0.4, -0.2) is 15.0 Å². The van der Waals surface area contributed by atoms with Crippen LogP contribution in [0.2, 0.25) is 0 Å². The normalized spacial score (nSPS) is 17.7. The standard InChI is InChI=1S/C13H19BrN2O2S/c1-9(2)13(5-6-13)8-16-19(17,18)10-3-4-11(14)12(15)7-10/h3-4,7,9,16H,5-6,8,15H2,1-2H3. The molecular weight excluding hydrogens is 328 g/mol. The number of hydrogen-bond acceptors (Lipinski definition) is 3. The molecule has 2 rings (SSSR count). The number of halogens is 1. The maximum Gasteiger partial charge on any atom is 0.240 e. The van der Waals surface area contributed by atoms with Gasteiger partial charge in [-0.15, -0.1) is 0 Å². The van der Waals surface area contributed by atoms with Crippen molar-refractivity contribution in [3.8, 4) is 0 Å². The summed E-state index contributed by atoms with van der Waals surface area (Å²) in [5.41, 5.74) is 6.29. The number of nitrogen functional groups attached to an aromatic ring is 1. The second-order valence-electron chi connectivity index (χ2n) is 5.52. The van der Waals surface area contributed by atoms with E-state index in [0.717, 1.165) is 12.8 Å². The van der Waals surface area contributed by atoms with Crippen molar-refractivity contribution in [2.45, 2.75) is 31.6 Å². The Morgan fingerprint density at radius 1 is 1.42 bits per heavy atom. The highest BCUT2D eigenvalue weighted by atomic mass is 79.9. The van der Waals surface area contributed by atoms with Crippen LogP contribution in [0, 0.1) is 11.3 Å². The van der Waals surface area contributed by atoms with Crippen molar-refractivity contribution in [3.05, 3.63) is 22.7 Å². The van der Waals surface area contributed by atoms with E-state index in [4.69, 9.17) is 5.73 Å². The van der Waals surface area contributed by atoms with E-state index in [1.165, 1.54) is 6.07 Å². The third-order valence-electron chi connectivity index (χ3n) is 4.01. The first-order valence-electron chi connectivity index (χ1n) is 6.31. The maximum atomic E-state index is 12.2. The molecule has 1 aromatic rings. The van der Waals surface area contributed by atoms with Gasteiger partial charge in [-0.05, 0) is 58.3 Å². The molecule has 4 nitrogen and oxygen atoms in total. The zero-order valence-electron chi connectivity index (χ0n) is 11.1. The third-order valence-corrected chi connectivity index (χ3v) is 6.13. The number of hydrogen-bond donors (Lipinski definition) is 2. The summed E-state index contributed by atoms with van der Waals surface area (Å²) < 4.78 is 27.8. The summed E-state index contributed by atoms with van der Waals surface area (Å²) in [6, 6.07) is 4.68. The fourth-order valence-corrected chi connectivity index (χ4v) is 3.55. The molecule has 1 aromatic carbocycles. The Morgan fingerprint density at radius 3 is 2.53 bits per heavy atom. The maximum absolute atomic E-state index is 12.2. The summed E-state index contributed by atoms with van der Waals surface area (Å²) in [6.07, 6.45) is 2.19. The molecule has 0 amide bonds. The van der Waals surface area contributed by atoms with Crippen LogP contribution in [0.1, 0.15) is 26.7 Å². The van der Waals surface area contributed by atoms with Crippen LogP contribution in [0.3, 0.4) is 0 Å². The van der Waals surface area contributed by atoms with Crippen LogP contribution in [0.25, 0.3) is 0 Å². The molecule has 106 valence electrons. The van der Waals surface area contributed by atoms with Crippen molar-refractivity contribution in [2.24, 2.45) is 11.3 Å². The van der Waals surface area contributed by atoms with Crippen molar-refractivity contribution in [1.29, 1.82) is 0 Å². The fraction of sp³-hybridized carbons (Fsp3) is 0.538. The summed E-state index contributed by atoms with van der Waals surface area (Å²) in [4.78, 5) is 0.216. The van der Waals surface area contributed by atoms with Crippen LogP contribution in [0.5, 0.6) is 0 Å². The second-order valence-corrected chi connectivity index (χ2v) is 8.15. The van der Waals surface area contributed by atoms with Gasteiger partial charge in [0.25, 0.3) is 0 Å². The number of sulfonamides is 1. The lowest BCUT2D eigenvalue weighted by atomic mass is 9.93. The fourth-order valence-electron chi connectivity index (χ4n) is 2.13. The van der Waals surface area contributed by atoms with Crippen LogP contribution in [0.15, 0.2) is 27.6 Å². The Balaban J connectivity index is 2.12. The minimum Gasteiger partial charge on any atom is -0.398 e. The molecule has 0 bridgehead atoms. The zero-order valence-corrected chi connectivity index (χ0v) is 13.5. The first-order valence-corrected chi connectivity index (χ1v) is 8.59. The molecule has 19 heavy (non-hydrogen) atoms. The first kappa shape index (κ1) is 14.8. The van der Waals surface area contributed by atoms with Crippen molar-refractivity contribution in [2.75, 3.05) is 12.3 Å². The van der Waals surface area contributed by atoms with E-state index in [0.29, 0.717) is 22.6 Å². The lowest BCUT2D eigenvalue weighted by Crippen LogP contribution is -2.32. The minimum absolute atomic E-state index is 0.147. The topological polar surface area (TPSA) is 72.2 Å². The second kappa shape index (κ2) is 5.07. The number of nitrogens with one attached hydrogen (secondary N) is 1. The van der Waals surface area contributed by atoms with Gasteiger partial charge >= 0.3 is 0 Å². The molecule has 6 heteroatoms. The van der Waals surface area contributed by atoms with E-state index in [1.807, 2.05) is 0 Å². The summed E-state index contributed by atoms with van der Waals surface area (Å²) in [7, 11) is -3.48. The number of anilines is 1. The van der Waals surface area contributed by atoms with Gasteiger partial charge in [0.05, 0.1) is 4.90 Å². The predicted octanol–water partition coefficient (Wildman–Crippen LogP) is 2.75. The lowest BCUT2D eigenvalue weighted by Gasteiger charge is -2.20. The molecule has 0 unspecified atom stereocenters. The highest BCUT2D eigenvalue weighted by Crippen LogP contribution is 2.51. The molecule has 1 fully saturated rings. The van der Waals surface area contributed by atoms with Gasteiger partial charge < -0.3 is 5.73 Å². The smallest absolute Gasteiger partial charge is 0.240 e. The molecule has 3 N–H and O–H groups in total. The van der Waals surface area contributed by atoms with E-state index in [-0.39, 0.29) is 10.3 Å². The van der Waals surface area contributed by atoms with Gasteiger partial charge in [0.1, 0.15) is 0 Å². The average molecular weight is 347 g/mol. The molecule has 1 aliphatic carbocycles. The summed E-state index contributed by atoms with van der Waals surface area (Å²) >= 11 is 3.26. The van der Waals surface area contributed by atoms with E-state index < -0.39 is 10.0 Å². The van der Waals surface area contributed by atoms with E-state index in [2.05, 4.69) is 34.5 Å². The highest BCUT2D eigenvalue weighted by molar-refractivity contribution is 9.10. The highest BCUT2D eigenvalue weighted by Gasteiger charge is 2.45. The van der Waals surface area contributed by atoms with Gasteiger partial charge in [0, 0.05) is 16.7 Å². The van der Waals surface area contributed by atoms with E-state index in [1.54, 1.807) is 12.1 Å². The molecule has 1 aliphatic rings. The number of rotatable bonds is 5. The van der Waals surface area contributed by atoms with Gasteiger partial charge in [-0.2, -0.15) is 0 Å². The van der Waals surface area contributed by atoms with Crippen LogP contribution >= 0.6 is 15.9 Å². The van der Waals surface area contributed by atoms with E-state index >= 15 is 0 Å². The van der Waals surface area contributed by atoms with Gasteiger partial charge in [-0.25, -0.2) is 13.1 Å². The Labute approximate surface area is 122 Å². The molecule has 0 aliphatic heterocycles. The molecule has 0 aromatic heterocycles. The number of nitrogens with two attached hydrogens (primary N) is 1. The van der Waals surface area contributed by atoms with Gasteiger partial charge in [-0.1, -0.05) is 13.8 Å². The largest absolute Gasteiger partial charge is 0.398 e. The predicted molar refractivity (Wildman–Crippen MR) is 80.2 cm³/mol. The van der Waals surface area contributed by atoms with Gasteiger partial charge in [-0.3, -0.25) is 0 Å². The Kier molecular flexibility index (Phi) is 3.95. The summed E-state index contributed by atoms with van der Waals surface area (Å²) in [5, 5.41) is 0. The van der Waals surface area contributed by atoms with Crippen molar-refractivity contribution < 1.29 is 8.42 Å². The van der Waals surface area contributed by atoms with E-state index in [9.17, 15) is 8.42 Å². The summed E-state index contributed by atoms with van der Waals surface area (Å²) in [6.45, 7) is 4.78. The first-order chi connectivity index (χ1) is 8.77. The monoisotopic (exact) mass is 346 g/mol. The van der Waals surface area contributed by atoms with Crippen molar-refractivity contribution >= 4 is 31.6 Å². The van der Waals surface area contributed by atoms with Gasteiger partial charge in [0.2, 0.25) is 10.0 Å². The number of benzene rings is 1. The summed E-state index contributed by atoms with van der Waals surface area (Å²) in [5.74, 6) is 0.491. The molecule has 0 radical (unpaired) electrons. The molecule has 0 atom stereocenters.